The van der Waals surface area contributed by atoms with E-state index >= 15 is 0 Å². The Hall–Kier alpha value is -1.03. The van der Waals surface area contributed by atoms with Gasteiger partial charge in [0.1, 0.15) is 4.88 Å². The van der Waals surface area contributed by atoms with E-state index < -0.39 is 0 Å². The fourth-order valence-corrected chi connectivity index (χ4v) is 2.63. The SMILES string of the molecule is COC(=O)c1cc2c(s1)NC(C)C2. The van der Waals surface area contributed by atoms with Gasteiger partial charge in [-0.2, -0.15) is 0 Å². The van der Waals surface area contributed by atoms with Gasteiger partial charge in [0.25, 0.3) is 0 Å². The molecule has 1 atom stereocenters. The minimum Gasteiger partial charge on any atom is -0.465 e. The van der Waals surface area contributed by atoms with Crippen molar-refractivity contribution >= 4 is 22.3 Å². The van der Waals surface area contributed by atoms with Crippen LogP contribution in [0.15, 0.2) is 6.07 Å². The summed E-state index contributed by atoms with van der Waals surface area (Å²) in [6.45, 7) is 2.13. The highest BCUT2D eigenvalue weighted by Crippen LogP contribution is 2.34. The van der Waals surface area contributed by atoms with Gasteiger partial charge < -0.3 is 10.1 Å². The number of carbonyl (C=O) groups excluding carboxylic acids is 1. The van der Waals surface area contributed by atoms with Crippen LogP contribution in [0.5, 0.6) is 0 Å². The zero-order valence-corrected chi connectivity index (χ0v) is 8.40. The molecule has 1 aliphatic rings. The zero-order chi connectivity index (χ0) is 9.42. The van der Waals surface area contributed by atoms with Gasteiger partial charge in [0, 0.05) is 6.04 Å². The van der Waals surface area contributed by atoms with Gasteiger partial charge in [0.05, 0.1) is 12.1 Å². The lowest BCUT2D eigenvalue weighted by atomic mass is 10.2. The molecule has 2 heterocycles. The molecule has 70 valence electrons. The predicted octanol–water partition coefficient (Wildman–Crippen LogP) is 1.89. The molecule has 1 aliphatic heterocycles. The molecule has 1 aromatic heterocycles. The monoisotopic (exact) mass is 197 g/mol. The summed E-state index contributed by atoms with van der Waals surface area (Å²) < 4.78 is 4.64. The van der Waals surface area contributed by atoms with Gasteiger partial charge in [0.2, 0.25) is 0 Å². The Morgan fingerprint density at radius 3 is 3.15 bits per heavy atom. The zero-order valence-electron chi connectivity index (χ0n) is 7.59. The number of esters is 1. The largest absolute Gasteiger partial charge is 0.465 e. The average Bonchev–Trinajstić information content (AvgIpc) is 2.59. The van der Waals surface area contributed by atoms with Gasteiger partial charge in [-0.05, 0) is 25.0 Å². The number of ether oxygens (including phenoxy) is 1. The van der Waals surface area contributed by atoms with Crippen molar-refractivity contribution in [3.05, 3.63) is 16.5 Å². The molecule has 4 heteroatoms. The second-order valence-electron chi connectivity index (χ2n) is 3.21. The Morgan fingerprint density at radius 1 is 1.77 bits per heavy atom. The molecule has 0 fully saturated rings. The van der Waals surface area contributed by atoms with Crippen molar-refractivity contribution in [2.24, 2.45) is 0 Å². The fraction of sp³-hybridized carbons (Fsp3) is 0.444. The van der Waals surface area contributed by atoms with E-state index in [0.717, 1.165) is 11.4 Å². The van der Waals surface area contributed by atoms with Crippen molar-refractivity contribution in [2.45, 2.75) is 19.4 Å². The smallest absolute Gasteiger partial charge is 0.348 e. The first kappa shape index (κ1) is 8.56. The second-order valence-corrected chi connectivity index (χ2v) is 4.26. The minimum atomic E-state index is -0.242. The fourth-order valence-electron chi connectivity index (χ4n) is 1.51. The first-order valence-corrected chi connectivity index (χ1v) is 5.00. The Morgan fingerprint density at radius 2 is 2.54 bits per heavy atom. The van der Waals surface area contributed by atoms with E-state index in [1.54, 1.807) is 0 Å². The standard InChI is InChI=1S/C9H11NO2S/c1-5-3-6-4-7(9(11)12-2)13-8(6)10-5/h4-5,10H,3H2,1-2H3. The third-order valence-corrected chi connectivity index (χ3v) is 3.19. The molecule has 0 aromatic carbocycles. The van der Waals surface area contributed by atoms with Crippen LogP contribution in [0.2, 0.25) is 0 Å². The van der Waals surface area contributed by atoms with Gasteiger partial charge in [0.15, 0.2) is 0 Å². The first-order chi connectivity index (χ1) is 6.20. The topological polar surface area (TPSA) is 38.3 Å². The average molecular weight is 197 g/mol. The number of anilines is 1. The van der Waals surface area contributed by atoms with E-state index in [2.05, 4.69) is 17.0 Å². The molecule has 13 heavy (non-hydrogen) atoms. The maximum absolute atomic E-state index is 11.2. The summed E-state index contributed by atoms with van der Waals surface area (Å²) in [6, 6.07) is 2.41. The molecular formula is C9H11NO2S. The number of fused-ring (bicyclic) bond motifs is 1. The lowest BCUT2D eigenvalue weighted by molar-refractivity contribution is 0.0606. The van der Waals surface area contributed by atoms with E-state index in [-0.39, 0.29) is 5.97 Å². The predicted molar refractivity (Wildman–Crippen MR) is 52.4 cm³/mol. The van der Waals surface area contributed by atoms with Crippen LogP contribution in [0, 0.1) is 0 Å². The molecule has 0 aliphatic carbocycles. The quantitative estimate of drug-likeness (QED) is 0.699. The summed E-state index contributed by atoms with van der Waals surface area (Å²) in [5.41, 5.74) is 1.23. The lowest BCUT2D eigenvalue weighted by Gasteiger charge is -2.01. The highest BCUT2D eigenvalue weighted by atomic mass is 32.1. The number of hydrogen-bond donors (Lipinski definition) is 1. The summed E-state index contributed by atoms with van der Waals surface area (Å²) in [5.74, 6) is -0.242. The highest BCUT2D eigenvalue weighted by molar-refractivity contribution is 7.18. The van der Waals surface area contributed by atoms with E-state index in [1.165, 1.54) is 24.0 Å². The van der Waals surface area contributed by atoms with Crippen molar-refractivity contribution in [2.75, 3.05) is 12.4 Å². The van der Waals surface area contributed by atoms with Crippen molar-refractivity contribution in [3.8, 4) is 0 Å². The van der Waals surface area contributed by atoms with Crippen LogP contribution in [0.4, 0.5) is 5.00 Å². The van der Waals surface area contributed by atoms with Crippen molar-refractivity contribution < 1.29 is 9.53 Å². The summed E-state index contributed by atoms with van der Waals surface area (Å²) >= 11 is 1.47. The summed E-state index contributed by atoms with van der Waals surface area (Å²) in [4.78, 5) is 11.8. The Labute approximate surface area is 80.7 Å². The van der Waals surface area contributed by atoms with Gasteiger partial charge in [-0.25, -0.2) is 4.79 Å². The van der Waals surface area contributed by atoms with E-state index in [1.807, 2.05) is 6.07 Å². The molecule has 1 unspecified atom stereocenters. The van der Waals surface area contributed by atoms with Crippen LogP contribution >= 0.6 is 11.3 Å². The lowest BCUT2D eigenvalue weighted by Crippen LogP contribution is -2.09. The maximum atomic E-state index is 11.2. The Bertz CT molecular complexity index is 322. The molecule has 0 saturated carbocycles. The van der Waals surface area contributed by atoms with Crippen molar-refractivity contribution in [3.63, 3.8) is 0 Å². The molecule has 0 spiro atoms. The molecule has 0 bridgehead atoms. The van der Waals surface area contributed by atoms with Crippen LogP contribution < -0.4 is 5.32 Å². The van der Waals surface area contributed by atoms with Crippen LogP contribution in [-0.2, 0) is 11.2 Å². The van der Waals surface area contributed by atoms with Crippen LogP contribution in [0.1, 0.15) is 22.2 Å². The Kier molecular flexibility index (Phi) is 2.00. The third-order valence-electron chi connectivity index (χ3n) is 2.10. The summed E-state index contributed by atoms with van der Waals surface area (Å²) in [6.07, 6.45) is 1.00. The number of rotatable bonds is 1. The molecule has 0 radical (unpaired) electrons. The van der Waals surface area contributed by atoms with Gasteiger partial charge in [-0.1, -0.05) is 0 Å². The van der Waals surface area contributed by atoms with Gasteiger partial charge in [-0.3, -0.25) is 0 Å². The Balaban J connectivity index is 2.26. The second kappa shape index (κ2) is 3.03. The van der Waals surface area contributed by atoms with Gasteiger partial charge in [-0.15, -0.1) is 11.3 Å². The van der Waals surface area contributed by atoms with E-state index in [9.17, 15) is 4.79 Å². The van der Waals surface area contributed by atoms with Crippen LogP contribution in [0.25, 0.3) is 0 Å². The number of thiophene rings is 1. The normalized spacial score (nSPS) is 19.4. The summed E-state index contributed by atoms with van der Waals surface area (Å²) in [7, 11) is 1.41. The number of carbonyl (C=O) groups is 1. The van der Waals surface area contributed by atoms with E-state index in [4.69, 9.17) is 0 Å². The molecule has 2 rings (SSSR count). The molecule has 0 saturated heterocycles. The number of nitrogens with one attached hydrogen (secondary N) is 1. The van der Waals surface area contributed by atoms with Crippen LogP contribution in [0.3, 0.4) is 0 Å². The number of hydrogen-bond acceptors (Lipinski definition) is 4. The molecule has 3 nitrogen and oxygen atoms in total. The minimum absolute atomic E-state index is 0.242. The van der Waals surface area contributed by atoms with Crippen LogP contribution in [-0.4, -0.2) is 19.1 Å². The number of methoxy groups -OCH3 is 1. The highest BCUT2D eigenvalue weighted by Gasteiger charge is 2.22. The van der Waals surface area contributed by atoms with Gasteiger partial charge >= 0.3 is 5.97 Å². The van der Waals surface area contributed by atoms with Crippen molar-refractivity contribution in [1.82, 2.24) is 0 Å². The molecular weight excluding hydrogens is 186 g/mol. The maximum Gasteiger partial charge on any atom is 0.348 e. The summed E-state index contributed by atoms with van der Waals surface area (Å²) in [5, 5.41) is 4.43. The first-order valence-electron chi connectivity index (χ1n) is 4.18. The molecule has 1 N–H and O–H groups in total. The van der Waals surface area contributed by atoms with E-state index in [0.29, 0.717) is 10.9 Å². The molecule has 0 amide bonds. The molecule has 1 aromatic rings. The van der Waals surface area contributed by atoms with Crippen molar-refractivity contribution in [1.29, 1.82) is 0 Å². The third kappa shape index (κ3) is 1.42.